The maximum absolute atomic E-state index is 13.5. The van der Waals surface area contributed by atoms with Crippen LogP contribution in [0.3, 0.4) is 0 Å². The van der Waals surface area contributed by atoms with E-state index in [1.807, 2.05) is 6.92 Å². The lowest BCUT2D eigenvalue weighted by molar-refractivity contribution is -0.167. The molecule has 3 aromatic rings. The number of rotatable bonds is 23. The molecule has 0 radical (unpaired) electrons. The zero-order chi connectivity index (χ0) is 41.2. The van der Waals surface area contributed by atoms with Crippen molar-refractivity contribution in [1.82, 2.24) is 21.0 Å². The monoisotopic (exact) mass is 781 g/mol. The second-order valence-corrected chi connectivity index (χ2v) is 12.2. The topological polar surface area (TPSA) is 280 Å². The van der Waals surface area contributed by atoms with Crippen LogP contribution in [0.5, 0.6) is 5.75 Å². The lowest BCUT2D eigenvalue weighted by Gasteiger charge is -2.31. The number of para-hydroxylation sites is 1. The number of carboxylic acids is 3. The van der Waals surface area contributed by atoms with E-state index in [0.29, 0.717) is 24.9 Å². The number of nitrogens with one attached hydrogen (secondary N) is 4. The standard InChI is InChI=1S/C37H43N5O14/c1-3-5-7-12-24(27(4-2)42(21-43)56-37(53)40-23-10-8-6-9-11-23)33(48)38-20-39-35(50)29-16-15-28(55-29)22-13-14-25(30(17-22)54-19-32(46)47)34(49)41-26(36(51)52)18-31(44)45/h6,8-11,13-17,21,24,26-27H,3-5,7,12,18-20H2,1-2H3,(H,38,48)(H,39,50)(H,40,53)(H,41,49)(H,44,45)(H,46,47)(H,51,52)/t24-,26+,27-/m1/s1. The van der Waals surface area contributed by atoms with Gasteiger partial charge in [-0.25, -0.2) is 14.4 Å². The molecule has 0 saturated heterocycles. The molecule has 0 aliphatic rings. The first-order valence-corrected chi connectivity index (χ1v) is 17.5. The molecule has 2 aromatic carbocycles. The van der Waals surface area contributed by atoms with Crippen LogP contribution in [0.2, 0.25) is 0 Å². The molecule has 7 N–H and O–H groups in total. The molecule has 0 fully saturated rings. The molecule has 0 bridgehead atoms. The molecule has 0 saturated carbocycles. The number of furan rings is 1. The molecule has 1 aromatic heterocycles. The van der Waals surface area contributed by atoms with Gasteiger partial charge in [-0.15, -0.1) is 0 Å². The molecule has 19 nitrogen and oxygen atoms in total. The lowest BCUT2D eigenvalue weighted by atomic mass is 9.90. The van der Waals surface area contributed by atoms with Crippen LogP contribution in [0.25, 0.3) is 11.3 Å². The summed E-state index contributed by atoms with van der Waals surface area (Å²) in [4.78, 5) is 103. The highest BCUT2D eigenvalue weighted by Gasteiger charge is 2.33. The van der Waals surface area contributed by atoms with Gasteiger partial charge in [0.15, 0.2) is 12.4 Å². The van der Waals surface area contributed by atoms with Gasteiger partial charge in [0.2, 0.25) is 12.3 Å². The largest absolute Gasteiger partial charge is 0.481 e. The third kappa shape index (κ3) is 13.2. The Morgan fingerprint density at radius 3 is 2.23 bits per heavy atom. The Morgan fingerprint density at radius 1 is 0.875 bits per heavy atom. The van der Waals surface area contributed by atoms with Crippen molar-refractivity contribution in [2.45, 2.75) is 64.5 Å². The van der Waals surface area contributed by atoms with E-state index < -0.39 is 72.8 Å². The van der Waals surface area contributed by atoms with Gasteiger partial charge in [-0.05, 0) is 49.2 Å². The van der Waals surface area contributed by atoms with Crippen molar-refractivity contribution < 1.29 is 67.7 Å². The molecular weight excluding hydrogens is 738 g/mol. The summed E-state index contributed by atoms with van der Waals surface area (Å²) < 4.78 is 10.9. The highest BCUT2D eigenvalue weighted by Crippen LogP contribution is 2.29. The third-order valence-corrected chi connectivity index (χ3v) is 8.16. The van der Waals surface area contributed by atoms with Crippen molar-refractivity contribution in [2.24, 2.45) is 5.92 Å². The summed E-state index contributed by atoms with van der Waals surface area (Å²) in [5.41, 5.74) is 0.353. The second-order valence-electron chi connectivity index (χ2n) is 12.2. The van der Waals surface area contributed by atoms with Crippen LogP contribution in [0.4, 0.5) is 10.5 Å². The van der Waals surface area contributed by atoms with Gasteiger partial charge in [0.1, 0.15) is 17.6 Å². The number of ether oxygens (including phenoxy) is 1. The number of hydroxylamine groups is 2. The lowest BCUT2D eigenvalue weighted by Crippen LogP contribution is -2.49. The van der Waals surface area contributed by atoms with E-state index in [9.17, 15) is 43.5 Å². The summed E-state index contributed by atoms with van der Waals surface area (Å²) >= 11 is 0. The maximum Gasteiger partial charge on any atom is 0.436 e. The fraction of sp³-hybridized carbons (Fsp3) is 0.351. The highest BCUT2D eigenvalue weighted by atomic mass is 16.7. The minimum Gasteiger partial charge on any atom is -0.481 e. The van der Waals surface area contributed by atoms with Crippen molar-refractivity contribution in [3.8, 4) is 17.1 Å². The number of amides is 5. The van der Waals surface area contributed by atoms with Crippen molar-refractivity contribution in [3.63, 3.8) is 0 Å². The molecule has 1 heterocycles. The van der Waals surface area contributed by atoms with E-state index in [1.165, 1.54) is 30.3 Å². The Balaban J connectivity index is 1.70. The maximum atomic E-state index is 13.5. The third-order valence-electron chi connectivity index (χ3n) is 8.16. The Bertz CT molecular complexity index is 1860. The smallest absolute Gasteiger partial charge is 0.436 e. The van der Waals surface area contributed by atoms with Gasteiger partial charge in [0.25, 0.3) is 11.8 Å². The van der Waals surface area contributed by atoms with Crippen LogP contribution >= 0.6 is 0 Å². The second kappa shape index (κ2) is 21.7. The number of unbranched alkanes of at least 4 members (excludes halogenated alkanes) is 2. The molecule has 300 valence electrons. The molecule has 0 unspecified atom stereocenters. The minimum absolute atomic E-state index is 0.0765. The Kier molecular flexibility index (Phi) is 16.8. The zero-order valence-electron chi connectivity index (χ0n) is 30.5. The molecule has 3 atom stereocenters. The van der Waals surface area contributed by atoms with Crippen molar-refractivity contribution in [3.05, 3.63) is 72.0 Å². The van der Waals surface area contributed by atoms with Crippen LogP contribution in [0.1, 0.15) is 73.3 Å². The molecule has 0 aliphatic heterocycles. The van der Waals surface area contributed by atoms with Gasteiger partial charge in [-0.3, -0.25) is 29.3 Å². The van der Waals surface area contributed by atoms with E-state index in [1.54, 1.807) is 37.3 Å². The van der Waals surface area contributed by atoms with Gasteiger partial charge >= 0.3 is 24.0 Å². The molecule has 0 aliphatic carbocycles. The minimum atomic E-state index is -1.79. The zero-order valence-corrected chi connectivity index (χ0v) is 30.5. The first-order valence-electron chi connectivity index (χ1n) is 17.5. The Hall–Kier alpha value is -6.92. The predicted octanol–water partition coefficient (Wildman–Crippen LogP) is 3.47. The normalized spacial score (nSPS) is 12.2. The Labute approximate surface area is 320 Å². The number of benzene rings is 2. The number of hydrogen-bond acceptors (Lipinski definition) is 11. The Morgan fingerprint density at radius 2 is 1.61 bits per heavy atom. The molecule has 19 heteroatoms. The van der Waals surface area contributed by atoms with E-state index in [0.717, 1.165) is 17.9 Å². The molecule has 3 rings (SSSR count). The van der Waals surface area contributed by atoms with Crippen molar-refractivity contribution in [1.29, 1.82) is 0 Å². The summed E-state index contributed by atoms with van der Waals surface area (Å²) in [7, 11) is 0. The average molecular weight is 782 g/mol. The first kappa shape index (κ1) is 43.5. The predicted molar refractivity (Wildman–Crippen MR) is 195 cm³/mol. The number of aliphatic carboxylic acids is 3. The van der Waals surface area contributed by atoms with Crippen molar-refractivity contribution in [2.75, 3.05) is 18.6 Å². The van der Waals surface area contributed by atoms with Crippen LogP contribution in [0, 0.1) is 5.92 Å². The van der Waals surface area contributed by atoms with Gasteiger partial charge < -0.3 is 45.3 Å². The number of nitrogens with zero attached hydrogens (tertiary/aromatic N) is 1. The molecular formula is C37H43N5O14. The number of carbonyl (C=O) groups is 8. The van der Waals surface area contributed by atoms with Crippen molar-refractivity contribution >= 4 is 53.8 Å². The number of anilines is 1. The van der Waals surface area contributed by atoms with E-state index in [4.69, 9.17) is 24.2 Å². The fourth-order valence-corrected chi connectivity index (χ4v) is 5.46. The van der Waals surface area contributed by atoms with E-state index >= 15 is 0 Å². The van der Waals surface area contributed by atoms with E-state index in [-0.39, 0.29) is 41.5 Å². The van der Waals surface area contributed by atoms with E-state index in [2.05, 4.69) is 21.3 Å². The molecule has 5 amide bonds. The highest BCUT2D eigenvalue weighted by molar-refractivity contribution is 6.00. The summed E-state index contributed by atoms with van der Waals surface area (Å²) in [5, 5.41) is 37.9. The van der Waals surface area contributed by atoms with Crippen LogP contribution in [-0.4, -0.2) is 93.9 Å². The molecule has 56 heavy (non-hydrogen) atoms. The SMILES string of the molecule is CCCCC[C@@H](C(=O)NCNC(=O)c1ccc(-c2ccc(C(=O)N[C@@H](CC(=O)O)C(=O)O)c(OCC(=O)O)c2)o1)[C@@H](CC)N(C=O)OC(=O)Nc1ccccc1. The summed E-state index contributed by atoms with van der Waals surface area (Å²) in [6, 6.07) is 12.3. The van der Waals surface area contributed by atoms with Gasteiger partial charge in [-0.2, -0.15) is 5.06 Å². The number of carbonyl (C=O) groups excluding carboxylic acids is 5. The van der Waals surface area contributed by atoms with Gasteiger partial charge in [-0.1, -0.05) is 57.4 Å². The van der Waals surface area contributed by atoms with Crippen LogP contribution in [0.15, 0.2) is 65.1 Å². The summed E-state index contributed by atoms with van der Waals surface area (Å²) in [6.07, 6.45) is 1.38. The van der Waals surface area contributed by atoms with Crippen LogP contribution in [-0.2, 0) is 28.8 Å². The quantitative estimate of drug-likeness (QED) is 0.0314. The number of carboxylic acid groups (broad SMARTS) is 3. The first-order chi connectivity index (χ1) is 26.8. The molecule has 0 spiro atoms. The average Bonchev–Trinajstić information content (AvgIpc) is 3.66. The number of hydrogen-bond donors (Lipinski definition) is 7. The van der Waals surface area contributed by atoms with Gasteiger partial charge in [0, 0.05) is 11.3 Å². The van der Waals surface area contributed by atoms with Gasteiger partial charge in [0.05, 0.1) is 30.6 Å². The summed E-state index contributed by atoms with van der Waals surface area (Å²) in [6.45, 7) is 2.49. The summed E-state index contributed by atoms with van der Waals surface area (Å²) in [5.74, 6) is -8.02. The van der Waals surface area contributed by atoms with Crippen LogP contribution < -0.4 is 26.0 Å². The fourth-order valence-electron chi connectivity index (χ4n) is 5.46.